The standard InChI is InChI=1S/C18H24N4O2/c1-18(2)12-21(9-7-16(18)19)17(24)8-10-22-14-6-4-3-5-13(14)15(23)11-20-22/h3-6,11,16H,7-10,12,19H2,1-2H3. The van der Waals surface area contributed by atoms with E-state index in [2.05, 4.69) is 18.9 Å². The first kappa shape index (κ1) is 16.6. The quantitative estimate of drug-likeness (QED) is 0.923. The molecule has 0 saturated carbocycles. The Hall–Kier alpha value is -2.21. The summed E-state index contributed by atoms with van der Waals surface area (Å²) in [5.74, 6) is 0.111. The van der Waals surface area contributed by atoms with Gasteiger partial charge in [-0.1, -0.05) is 26.0 Å². The molecule has 6 nitrogen and oxygen atoms in total. The van der Waals surface area contributed by atoms with Gasteiger partial charge in [0.15, 0.2) is 0 Å². The summed E-state index contributed by atoms with van der Waals surface area (Å²) in [6.07, 6.45) is 2.51. The Bertz CT molecular complexity index is 812. The van der Waals surface area contributed by atoms with Gasteiger partial charge in [-0.25, -0.2) is 0 Å². The minimum Gasteiger partial charge on any atom is -0.342 e. The van der Waals surface area contributed by atoms with Crippen molar-refractivity contribution in [1.82, 2.24) is 14.7 Å². The Kier molecular flexibility index (Phi) is 4.41. The van der Waals surface area contributed by atoms with Crippen LogP contribution in [0.5, 0.6) is 0 Å². The zero-order valence-corrected chi connectivity index (χ0v) is 14.2. The number of nitrogens with two attached hydrogens (primary N) is 1. The molecule has 3 rings (SSSR count). The highest BCUT2D eigenvalue weighted by Crippen LogP contribution is 2.28. The topological polar surface area (TPSA) is 81.2 Å². The summed E-state index contributed by atoms with van der Waals surface area (Å²) in [5, 5.41) is 4.81. The minimum absolute atomic E-state index is 0.0593. The SMILES string of the molecule is CC1(C)CN(C(=O)CCn2ncc(=O)c3ccccc32)CCC1N. The second kappa shape index (κ2) is 6.36. The highest BCUT2D eigenvalue weighted by atomic mass is 16.2. The first-order valence-corrected chi connectivity index (χ1v) is 8.37. The smallest absolute Gasteiger partial charge is 0.224 e. The fraction of sp³-hybridized carbons (Fsp3) is 0.500. The fourth-order valence-corrected chi connectivity index (χ4v) is 3.29. The van der Waals surface area contributed by atoms with Crippen molar-refractivity contribution in [2.75, 3.05) is 13.1 Å². The summed E-state index contributed by atoms with van der Waals surface area (Å²) in [5.41, 5.74) is 6.74. The van der Waals surface area contributed by atoms with Crippen molar-refractivity contribution in [2.24, 2.45) is 11.1 Å². The van der Waals surface area contributed by atoms with E-state index in [4.69, 9.17) is 5.73 Å². The van der Waals surface area contributed by atoms with E-state index in [9.17, 15) is 9.59 Å². The third-order valence-electron chi connectivity index (χ3n) is 4.96. The van der Waals surface area contributed by atoms with Crippen molar-refractivity contribution in [3.63, 3.8) is 0 Å². The van der Waals surface area contributed by atoms with Crippen molar-refractivity contribution in [3.05, 3.63) is 40.7 Å². The van der Waals surface area contributed by atoms with Crippen LogP contribution in [-0.2, 0) is 11.3 Å². The molecule has 2 N–H and O–H groups in total. The van der Waals surface area contributed by atoms with Crippen LogP contribution in [-0.4, -0.2) is 39.7 Å². The predicted molar refractivity (Wildman–Crippen MR) is 93.6 cm³/mol. The van der Waals surface area contributed by atoms with Crippen LogP contribution in [0.4, 0.5) is 0 Å². The maximum atomic E-state index is 12.6. The number of carbonyl (C=O) groups excluding carboxylic acids is 1. The molecule has 1 amide bonds. The number of aryl methyl sites for hydroxylation is 1. The number of piperidine rings is 1. The van der Waals surface area contributed by atoms with Gasteiger partial charge in [0.1, 0.15) is 0 Å². The lowest BCUT2D eigenvalue weighted by Gasteiger charge is -2.42. The number of nitrogens with zero attached hydrogens (tertiary/aromatic N) is 3. The Labute approximate surface area is 141 Å². The molecule has 1 aromatic heterocycles. The highest BCUT2D eigenvalue weighted by molar-refractivity contribution is 5.79. The van der Waals surface area contributed by atoms with E-state index in [1.165, 1.54) is 6.20 Å². The van der Waals surface area contributed by atoms with E-state index in [0.29, 0.717) is 31.4 Å². The molecule has 24 heavy (non-hydrogen) atoms. The van der Waals surface area contributed by atoms with Gasteiger partial charge in [0, 0.05) is 30.9 Å². The number of carbonyl (C=O) groups is 1. The number of hydrogen-bond acceptors (Lipinski definition) is 4. The van der Waals surface area contributed by atoms with Gasteiger partial charge in [-0.3, -0.25) is 14.3 Å². The van der Waals surface area contributed by atoms with Gasteiger partial charge < -0.3 is 10.6 Å². The van der Waals surface area contributed by atoms with Crippen LogP contribution in [0.3, 0.4) is 0 Å². The Morgan fingerprint density at radius 1 is 1.38 bits per heavy atom. The number of benzene rings is 1. The van der Waals surface area contributed by atoms with Crippen LogP contribution in [0.25, 0.3) is 10.9 Å². The van der Waals surface area contributed by atoms with Crippen molar-refractivity contribution in [3.8, 4) is 0 Å². The van der Waals surface area contributed by atoms with Crippen LogP contribution in [0.15, 0.2) is 35.3 Å². The fourth-order valence-electron chi connectivity index (χ4n) is 3.29. The molecule has 1 aromatic carbocycles. The number of likely N-dealkylation sites (tertiary alicyclic amines) is 1. The molecule has 0 aliphatic carbocycles. The molecule has 0 bridgehead atoms. The van der Waals surface area contributed by atoms with Gasteiger partial charge in [-0.05, 0) is 24.0 Å². The molecule has 0 spiro atoms. The number of hydrogen-bond donors (Lipinski definition) is 1. The van der Waals surface area contributed by atoms with E-state index in [1.807, 2.05) is 23.1 Å². The number of rotatable bonds is 3. The predicted octanol–water partition coefficient (Wildman–Crippen LogP) is 1.37. The zero-order valence-electron chi connectivity index (χ0n) is 14.2. The van der Waals surface area contributed by atoms with Gasteiger partial charge in [0.25, 0.3) is 0 Å². The molecule has 1 saturated heterocycles. The maximum Gasteiger partial charge on any atom is 0.224 e. The first-order valence-electron chi connectivity index (χ1n) is 8.37. The lowest BCUT2D eigenvalue weighted by Crippen LogP contribution is -2.54. The molecular formula is C18H24N4O2. The summed E-state index contributed by atoms with van der Waals surface area (Å²) in [6.45, 7) is 6.07. The van der Waals surface area contributed by atoms with Gasteiger partial charge in [0.2, 0.25) is 11.3 Å². The third kappa shape index (κ3) is 3.19. The van der Waals surface area contributed by atoms with Gasteiger partial charge >= 0.3 is 0 Å². The zero-order chi connectivity index (χ0) is 17.3. The van der Waals surface area contributed by atoms with E-state index in [0.717, 1.165) is 11.9 Å². The normalized spacial score (nSPS) is 20.3. The minimum atomic E-state index is -0.0973. The number of fused-ring (bicyclic) bond motifs is 1. The summed E-state index contributed by atoms with van der Waals surface area (Å²) in [7, 11) is 0. The van der Waals surface area contributed by atoms with Crippen LogP contribution >= 0.6 is 0 Å². The molecule has 1 aliphatic heterocycles. The Morgan fingerprint density at radius 2 is 2.12 bits per heavy atom. The van der Waals surface area contributed by atoms with Crippen molar-refractivity contribution >= 4 is 16.8 Å². The number of aromatic nitrogens is 2. The summed E-state index contributed by atoms with van der Waals surface area (Å²) >= 11 is 0. The van der Waals surface area contributed by atoms with Gasteiger partial charge in [-0.15, -0.1) is 0 Å². The van der Waals surface area contributed by atoms with Gasteiger partial charge in [0.05, 0.1) is 18.3 Å². The molecule has 6 heteroatoms. The molecule has 2 aromatic rings. The van der Waals surface area contributed by atoms with Crippen LogP contribution in [0.2, 0.25) is 0 Å². The maximum absolute atomic E-state index is 12.6. The summed E-state index contributed by atoms with van der Waals surface area (Å²) in [4.78, 5) is 26.3. The monoisotopic (exact) mass is 328 g/mol. The van der Waals surface area contributed by atoms with E-state index < -0.39 is 0 Å². The molecule has 1 fully saturated rings. The number of amides is 1. The Morgan fingerprint density at radius 3 is 2.88 bits per heavy atom. The molecule has 128 valence electrons. The van der Waals surface area contributed by atoms with E-state index in [-0.39, 0.29) is 22.8 Å². The number of para-hydroxylation sites is 1. The van der Waals surface area contributed by atoms with Crippen molar-refractivity contribution < 1.29 is 4.79 Å². The lowest BCUT2D eigenvalue weighted by molar-refractivity contribution is -0.134. The third-order valence-corrected chi connectivity index (χ3v) is 4.96. The lowest BCUT2D eigenvalue weighted by atomic mass is 9.79. The summed E-state index contributed by atoms with van der Waals surface area (Å²) < 4.78 is 1.73. The average molecular weight is 328 g/mol. The molecule has 1 aliphatic rings. The molecular weight excluding hydrogens is 304 g/mol. The van der Waals surface area contributed by atoms with Crippen LogP contribution < -0.4 is 11.2 Å². The van der Waals surface area contributed by atoms with Crippen LogP contribution in [0, 0.1) is 5.41 Å². The second-order valence-electron chi connectivity index (χ2n) is 7.20. The van der Waals surface area contributed by atoms with Crippen molar-refractivity contribution in [1.29, 1.82) is 0 Å². The van der Waals surface area contributed by atoms with E-state index in [1.54, 1.807) is 10.7 Å². The van der Waals surface area contributed by atoms with Crippen LogP contribution in [0.1, 0.15) is 26.7 Å². The van der Waals surface area contributed by atoms with E-state index >= 15 is 0 Å². The Balaban J connectivity index is 1.71. The van der Waals surface area contributed by atoms with Gasteiger partial charge in [-0.2, -0.15) is 5.10 Å². The largest absolute Gasteiger partial charge is 0.342 e. The average Bonchev–Trinajstić information content (AvgIpc) is 2.56. The first-order chi connectivity index (χ1) is 11.4. The molecule has 0 radical (unpaired) electrons. The second-order valence-corrected chi connectivity index (χ2v) is 7.20. The molecule has 1 atom stereocenters. The molecule has 2 heterocycles. The molecule has 1 unspecified atom stereocenters. The summed E-state index contributed by atoms with van der Waals surface area (Å²) in [6, 6.07) is 7.48. The highest BCUT2D eigenvalue weighted by Gasteiger charge is 2.35. The van der Waals surface area contributed by atoms with Crippen molar-refractivity contribution in [2.45, 2.75) is 39.3 Å².